The molecule has 0 radical (unpaired) electrons. The number of anilines is 1. The lowest BCUT2D eigenvalue weighted by molar-refractivity contribution is 0.0596. The number of ether oxygens (including phenoxy) is 1. The molecule has 0 amide bonds. The van der Waals surface area contributed by atoms with Crippen molar-refractivity contribution in [3.8, 4) is 5.69 Å². The van der Waals surface area contributed by atoms with Crippen LogP contribution in [0, 0.1) is 0 Å². The lowest BCUT2D eigenvalue weighted by Crippen LogP contribution is -2.07. The zero-order valence-electron chi connectivity index (χ0n) is 9.51. The summed E-state index contributed by atoms with van der Waals surface area (Å²) >= 11 is 0. The normalized spacial score (nSPS) is 10.5. The molecule has 0 aliphatic carbocycles. The largest absolute Gasteiger partial charge is 0.464 e. The van der Waals surface area contributed by atoms with Crippen molar-refractivity contribution in [1.29, 1.82) is 0 Å². The van der Waals surface area contributed by atoms with E-state index < -0.39 is 5.97 Å². The van der Waals surface area contributed by atoms with Crippen LogP contribution in [0.4, 0.5) is 5.82 Å². The van der Waals surface area contributed by atoms with E-state index in [1.165, 1.54) is 19.6 Å². The molecule has 0 aliphatic rings. The van der Waals surface area contributed by atoms with Crippen molar-refractivity contribution in [3.63, 3.8) is 0 Å². The molecule has 0 unspecified atom stereocenters. The minimum absolute atomic E-state index is 0.102. The number of nitrogens with zero attached hydrogens (tertiary/aromatic N) is 3. The molecule has 7 nitrogen and oxygen atoms in total. The van der Waals surface area contributed by atoms with Gasteiger partial charge in [0.05, 0.1) is 13.3 Å². The van der Waals surface area contributed by atoms with Gasteiger partial charge >= 0.3 is 5.97 Å². The molecule has 0 aliphatic heterocycles. The highest BCUT2D eigenvalue weighted by Crippen LogP contribution is 2.21. The fraction of sp³-hybridized carbons (Fsp3) is 0.300. The van der Waals surface area contributed by atoms with E-state index in [1.54, 1.807) is 4.57 Å². The lowest BCUT2D eigenvalue weighted by atomic mass is 10.4. The number of aromatic nitrogens is 3. The molecule has 2 N–H and O–H groups in total. The molecule has 7 heteroatoms. The number of esters is 1. The maximum absolute atomic E-state index is 11.5. The van der Waals surface area contributed by atoms with Gasteiger partial charge in [0.2, 0.25) is 0 Å². The topological polar surface area (TPSA) is 96.2 Å². The summed E-state index contributed by atoms with van der Waals surface area (Å²) < 4.78 is 11.0. The Labute approximate surface area is 97.2 Å². The summed E-state index contributed by atoms with van der Waals surface area (Å²) in [6.07, 6.45) is 3.54. The number of nitrogen functional groups attached to an aromatic ring is 1. The predicted molar refractivity (Wildman–Crippen MR) is 58.8 cm³/mol. The van der Waals surface area contributed by atoms with E-state index in [9.17, 15) is 4.79 Å². The van der Waals surface area contributed by atoms with Crippen molar-refractivity contribution >= 4 is 11.8 Å². The van der Waals surface area contributed by atoms with Crippen molar-refractivity contribution < 1.29 is 14.1 Å². The van der Waals surface area contributed by atoms with Crippen molar-refractivity contribution in [2.24, 2.45) is 0 Å². The third-order valence-electron chi connectivity index (χ3n) is 2.35. The number of rotatable bonds is 3. The van der Waals surface area contributed by atoms with E-state index in [1.807, 2.05) is 6.92 Å². The molecule has 2 rings (SSSR count). The number of carbonyl (C=O) groups is 1. The second-order valence-electron chi connectivity index (χ2n) is 3.33. The number of methoxy groups -OCH3 is 1. The second kappa shape index (κ2) is 4.28. The van der Waals surface area contributed by atoms with Gasteiger partial charge in [-0.1, -0.05) is 12.1 Å². The summed E-state index contributed by atoms with van der Waals surface area (Å²) in [7, 11) is 1.28. The first-order valence-electron chi connectivity index (χ1n) is 5.04. The summed E-state index contributed by atoms with van der Waals surface area (Å²) in [5.74, 6) is 0.301. The zero-order valence-corrected chi connectivity index (χ0v) is 9.51. The summed E-state index contributed by atoms with van der Waals surface area (Å²) in [6.45, 7) is 1.91. The molecule has 2 heterocycles. The van der Waals surface area contributed by atoms with Gasteiger partial charge in [-0.3, -0.25) is 4.57 Å². The number of hydrogen-bond acceptors (Lipinski definition) is 6. The van der Waals surface area contributed by atoms with Crippen LogP contribution in [0.2, 0.25) is 0 Å². The molecular formula is C10H12N4O3. The maximum Gasteiger partial charge on any atom is 0.360 e. The van der Waals surface area contributed by atoms with Crippen molar-refractivity contribution in [2.75, 3.05) is 12.8 Å². The van der Waals surface area contributed by atoms with Gasteiger partial charge in [0.15, 0.2) is 5.69 Å². The van der Waals surface area contributed by atoms with Crippen molar-refractivity contribution in [3.05, 3.63) is 24.0 Å². The van der Waals surface area contributed by atoms with Gasteiger partial charge in [0.25, 0.3) is 0 Å². The number of hydrogen-bond donors (Lipinski definition) is 1. The minimum atomic E-state index is -0.563. The zero-order chi connectivity index (χ0) is 12.4. The molecule has 0 saturated carbocycles. The fourth-order valence-corrected chi connectivity index (χ4v) is 1.56. The molecular weight excluding hydrogens is 224 g/mol. The highest BCUT2D eigenvalue weighted by atomic mass is 16.5. The van der Waals surface area contributed by atoms with Crippen LogP contribution in [0.25, 0.3) is 5.69 Å². The number of carbonyl (C=O) groups excluding carboxylic acids is 1. The van der Waals surface area contributed by atoms with Crippen LogP contribution in [-0.4, -0.2) is 27.8 Å². The van der Waals surface area contributed by atoms with Gasteiger partial charge in [-0.15, -0.1) is 0 Å². The Morgan fingerprint density at radius 2 is 2.41 bits per heavy atom. The Morgan fingerprint density at radius 3 is 2.94 bits per heavy atom. The Hall–Kier alpha value is -2.31. The first-order valence-corrected chi connectivity index (χ1v) is 5.04. The van der Waals surface area contributed by atoms with Gasteiger partial charge < -0.3 is 15.0 Å². The van der Waals surface area contributed by atoms with E-state index in [0.29, 0.717) is 17.9 Å². The molecule has 90 valence electrons. The lowest BCUT2D eigenvalue weighted by Gasteiger charge is -2.03. The minimum Gasteiger partial charge on any atom is -0.464 e. The first-order chi connectivity index (χ1) is 8.19. The average molecular weight is 236 g/mol. The molecule has 0 spiro atoms. The number of imidazole rings is 1. The van der Waals surface area contributed by atoms with Crippen molar-refractivity contribution in [2.45, 2.75) is 13.3 Å². The van der Waals surface area contributed by atoms with Crippen LogP contribution in [0.15, 0.2) is 17.0 Å². The average Bonchev–Trinajstić information content (AvgIpc) is 2.95. The Bertz CT molecular complexity index is 530. The Kier molecular flexibility index (Phi) is 2.82. The third-order valence-corrected chi connectivity index (χ3v) is 2.35. The Morgan fingerprint density at radius 1 is 1.65 bits per heavy atom. The molecule has 0 saturated heterocycles. The predicted octanol–water partition coefficient (Wildman–Crippen LogP) is 0.792. The van der Waals surface area contributed by atoms with Gasteiger partial charge in [-0.05, 0) is 0 Å². The third kappa shape index (κ3) is 1.75. The fourth-order valence-electron chi connectivity index (χ4n) is 1.56. The second-order valence-corrected chi connectivity index (χ2v) is 3.33. The summed E-state index contributed by atoms with van der Waals surface area (Å²) in [4.78, 5) is 15.6. The van der Waals surface area contributed by atoms with Gasteiger partial charge in [0, 0.05) is 6.42 Å². The van der Waals surface area contributed by atoms with Crippen LogP contribution in [0.3, 0.4) is 0 Å². The molecule has 2 aromatic rings. The highest BCUT2D eigenvalue weighted by Gasteiger charge is 2.21. The van der Waals surface area contributed by atoms with E-state index in [-0.39, 0.29) is 11.5 Å². The monoisotopic (exact) mass is 236 g/mol. The van der Waals surface area contributed by atoms with E-state index in [2.05, 4.69) is 14.9 Å². The quantitative estimate of drug-likeness (QED) is 0.791. The van der Waals surface area contributed by atoms with E-state index in [4.69, 9.17) is 10.3 Å². The van der Waals surface area contributed by atoms with Crippen LogP contribution >= 0.6 is 0 Å². The highest BCUT2D eigenvalue weighted by molar-refractivity contribution is 5.92. The maximum atomic E-state index is 11.5. The molecule has 0 fully saturated rings. The van der Waals surface area contributed by atoms with Crippen molar-refractivity contribution in [1.82, 2.24) is 14.7 Å². The molecule has 2 aromatic heterocycles. The molecule has 0 aromatic carbocycles. The molecule has 0 atom stereocenters. The summed E-state index contributed by atoms with van der Waals surface area (Å²) in [5, 5.41) is 3.59. The summed E-state index contributed by atoms with van der Waals surface area (Å²) in [5.41, 5.74) is 6.61. The van der Waals surface area contributed by atoms with Crippen LogP contribution in [-0.2, 0) is 11.2 Å². The molecule has 0 bridgehead atoms. The van der Waals surface area contributed by atoms with E-state index in [0.717, 1.165) is 0 Å². The Balaban J connectivity index is 2.59. The molecule has 17 heavy (non-hydrogen) atoms. The number of nitrogens with two attached hydrogens (primary N) is 1. The standard InChI is InChI=1S/C10H12N4O3/c1-3-7-13-8(10(15)16-2)9(11)14(7)6-4-12-17-5-6/h4-5H,3,11H2,1-2H3. The summed E-state index contributed by atoms with van der Waals surface area (Å²) in [6, 6.07) is 0. The van der Waals surface area contributed by atoms with E-state index >= 15 is 0 Å². The van der Waals surface area contributed by atoms with Gasteiger partial charge in [-0.2, -0.15) is 0 Å². The van der Waals surface area contributed by atoms with Crippen LogP contribution in [0.1, 0.15) is 23.2 Å². The van der Waals surface area contributed by atoms with Crippen LogP contribution < -0.4 is 5.73 Å². The van der Waals surface area contributed by atoms with Gasteiger partial charge in [0.1, 0.15) is 23.6 Å². The number of aryl methyl sites for hydroxylation is 1. The smallest absolute Gasteiger partial charge is 0.360 e. The SMILES string of the molecule is CCc1nc(C(=O)OC)c(N)n1-c1cnoc1. The van der Waals surface area contributed by atoms with Crippen LogP contribution in [0.5, 0.6) is 0 Å². The first kappa shape index (κ1) is 11.2. The van der Waals surface area contributed by atoms with Gasteiger partial charge in [-0.25, -0.2) is 9.78 Å².